The van der Waals surface area contributed by atoms with E-state index in [2.05, 4.69) is 5.16 Å². The van der Waals surface area contributed by atoms with Crippen LogP contribution in [-0.2, 0) is 10.0 Å². The quantitative estimate of drug-likeness (QED) is 0.459. The molecule has 174 valence electrons. The van der Waals surface area contributed by atoms with E-state index in [9.17, 15) is 13.2 Å². The zero-order valence-electron chi connectivity index (χ0n) is 18.0. The molecule has 1 fully saturated rings. The number of fused-ring (bicyclic) bond motifs is 1. The van der Waals surface area contributed by atoms with E-state index in [-0.39, 0.29) is 29.8 Å². The molecule has 3 aromatic carbocycles. The molecule has 8 nitrogen and oxygen atoms in total. The molecule has 0 saturated carbocycles. The van der Waals surface area contributed by atoms with Crippen molar-refractivity contribution in [3.63, 3.8) is 0 Å². The maximum absolute atomic E-state index is 13.2. The van der Waals surface area contributed by atoms with Gasteiger partial charge in [0.05, 0.1) is 4.90 Å². The van der Waals surface area contributed by atoms with E-state index < -0.39 is 10.0 Å². The zero-order chi connectivity index (χ0) is 23.9. The van der Waals surface area contributed by atoms with Gasteiger partial charge in [0.25, 0.3) is 5.91 Å². The van der Waals surface area contributed by atoms with Crippen LogP contribution in [0.2, 0.25) is 5.02 Å². The number of hydrogen-bond acceptors (Lipinski definition) is 6. The SMILES string of the molecule is Nc1cc(-c2ccc(C(=O)N3CCN(S(=O)(=O)c4ccc5cc(Cl)ccc5c4)CC3)cc2)no1. The van der Waals surface area contributed by atoms with Crippen molar-refractivity contribution in [2.75, 3.05) is 31.9 Å². The fourth-order valence-corrected chi connectivity index (χ4v) is 5.67. The van der Waals surface area contributed by atoms with Gasteiger partial charge in [-0.3, -0.25) is 4.79 Å². The lowest BCUT2D eigenvalue weighted by molar-refractivity contribution is 0.0698. The molecular formula is C24H21ClN4O4S. The van der Waals surface area contributed by atoms with Gasteiger partial charge in [0.1, 0.15) is 5.69 Å². The Balaban J connectivity index is 1.26. The highest BCUT2D eigenvalue weighted by molar-refractivity contribution is 7.89. The van der Waals surface area contributed by atoms with Crippen molar-refractivity contribution in [3.8, 4) is 11.3 Å². The lowest BCUT2D eigenvalue weighted by Crippen LogP contribution is -2.50. The van der Waals surface area contributed by atoms with Crippen molar-refractivity contribution in [2.45, 2.75) is 4.90 Å². The summed E-state index contributed by atoms with van der Waals surface area (Å²) in [5.74, 6) is 0.0712. The lowest BCUT2D eigenvalue weighted by Gasteiger charge is -2.34. The minimum absolute atomic E-state index is 0.147. The first-order valence-electron chi connectivity index (χ1n) is 10.6. The van der Waals surface area contributed by atoms with Crippen LogP contribution in [-0.4, -0.2) is 54.9 Å². The van der Waals surface area contributed by atoms with Gasteiger partial charge in [-0.1, -0.05) is 41.0 Å². The standard InChI is InChI=1S/C24H21ClN4O4S/c25-20-7-5-19-14-21(8-6-18(19)13-20)34(31,32)29-11-9-28(10-12-29)24(30)17-3-1-16(2-4-17)22-15-23(26)33-27-22/h1-8,13-15H,9-12,26H2. The highest BCUT2D eigenvalue weighted by Gasteiger charge is 2.30. The van der Waals surface area contributed by atoms with E-state index in [4.69, 9.17) is 21.9 Å². The molecule has 1 saturated heterocycles. The number of amides is 1. The largest absolute Gasteiger partial charge is 0.368 e. The zero-order valence-corrected chi connectivity index (χ0v) is 19.6. The summed E-state index contributed by atoms with van der Waals surface area (Å²) in [6.45, 7) is 1.07. The third-order valence-corrected chi connectivity index (χ3v) is 8.02. The molecule has 4 aromatic rings. The minimum atomic E-state index is -3.68. The second-order valence-corrected chi connectivity index (χ2v) is 10.4. The molecule has 1 aromatic heterocycles. The third-order valence-electron chi connectivity index (χ3n) is 5.89. The van der Waals surface area contributed by atoms with Crippen molar-refractivity contribution in [2.24, 2.45) is 0 Å². The van der Waals surface area contributed by atoms with E-state index in [0.717, 1.165) is 16.3 Å². The molecule has 0 aliphatic carbocycles. The van der Waals surface area contributed by atoms with Crippen molar-refractivity contribution in [1.82, 2.24) is 14.4 Å². The highest BCUT2D eigenvalue weighted by Crippen LogP contribution is 2.26. The number of benzene rings is 3. The van der Waals surface area contributed by atoms with Crippen LogP contribution < -0.4 is 5.73 Å². The summed E-state index contributed by atoms with van der Waals surface area (Å²) >= 11 is 6.02. The van der Waals surface area contributed by atoms with Gasteiger partial charge in [0.2, 0.25) is 15.9 Å². The number of carbonyl (C=O) groups is 1. The number of nitrogens with zero attached hydrogens (tertiary/aromatic N) is 3. The third kappa shape index (κ3) is 4.25. The first-order valence-corrected chi connectivity index (χ1v) is 12.4. The Labute approximate surface area is 201 Å². The lowest BCUT2D eigenvalue weighted by atomic mass is 10.1. The average molecular weight is 497 g/mol. The first-order chi connectivity index (χ1) is 16.3. The summed E-state index contributed by atoms with van der Waals surface area (Å²) in [6, 6.07) is 18.9. The van der Waals surface area contributed by atoms with E-state index in [1.807, 2.05) is 0 Å². The molecule has 5 rings (SSSR count). The predicted molar refractivity (Wildman–Crippen MR) is 130 cm³/mol. The van der Waals surface area contributed by atoms with Crippen LogP contribution in [0.15, 0.2) is 76.1 Å². The fraction of sp³-hybridized carbons (Fsp3) is 0.167. The van der Waals surface area contributed by atoms with Gasteiger partial charge < -0.3 is 15.2 Å². The van der Waals surface area contributed by atoms with Crippen LogP contribution in [0.25, 0.3) is 22.0 Å². The van der Waals surface area contributed by atoms with Gasteiger partial charge in [0.15, 0.2) is 0 Å². The predicted octanol–water partition coefficient (Wildman–Crippen LogP) is 3.88. The minimum Gasteiger partial charge on any atom is -0.368 e. The van der Waals surface area contributed by atoms with Crippen LogP contribution in [0.5, 0.6) is 0 Å². The van der Waals surface area contributed by atoms with E-state index in [0.29, 0.717) is 29.4 Å². The van der Waals surface area contributed by atoms with Gasteiger partial charge >= 0.3 is 0 Å². The normalized spacial score (nSPS) is 15.0. The number of carbonyl (C=O) groups excluding carboxylic acids is 1. The number of nitrogens with two attached hydrogens (primary N) is 1. The molecule has 1 aliphatic heterocycles. The Bertz CT molecular complexity index is 1480. The number of nitrogen functional groups attached to an aromatic ring is 1. The molecule has 0 bridgehead atoms. The second kappa shape index (κ2) is 8.75. The summed E-state index contributed by atoms with van der Waals surface area (Å²) in [6.07, 6.45) is 0. The van der Waals surface area contributed by atoms with Crippen LogP contribution in [0.4, 0.5) is 5.88 Å². The van der Waals surface area contributed by atoms with Crippen LogP contribution in [0, 0.1) is 0 Å². The Kier molecular flexibility index (Phi) is 5.76. The number of rotatable bonds is 4. The van der Waals surface area contributed by atoms with E-state index in [1.165, 1.54) is 4.31 Å². The van der Waals surface area contributed by atoms with Gasteiger partial charge in [-0.15, -0.1) is 0 Å². The summed E-state index contributed by atoms with van der Waals surface area (Å²) in [4.78, 5) is 14.8. The molecule has 2 heterocycles. The molecule has 0 radical (unpaired) electrons. The molecule has 1 aliphatic rings. The Morgan fingerprint density at radius 3 is 2.26 bits per heavy atom. The number of halogens is 1. The monoisotopic (exact) mass is 496 g/mol. The molecule has 0 unspecified atom stereocenters. The van der Waals surface area contributed by atoms with Gasteiger partial charge in [-0.2, -0.15) is 4.31 Å². The Morgan fingerprint density at radius 2 is 1.59 bits per heavy atom. The maximum Gasteiger partial charge on any atom is 0.253 e. The first kappa shape index (κ1) is 22.4. The summed E-state index contributed by atoms with van der Waals surface area (Å²) in [5.41, 5.74) is 7.45. The number of anilines is 1. The maximum atomic E-state index is 13.2. The van der Waals surface area contributed by atoms with Crippen molar-refractivity contribution >= 4 is 44.2 Å². The molecule has 34 heavy (non-hydrogen) atoms. The fourth-order valence-electron chi connectivity index (χ4n) is 4.03. The second-order valence-electron chi connectivity index (χ2n) is 8.04. The van der Waals surface area contributed by atoms with Crippen molar-refractivity contribution in [1.29, 1.82) is 0 Å². The molecule has 1 amide bonds. The molecule has 10 heteroatoms. The number of aromatic nitrogens is 1. The van der Waals surface area contributed by atoms with Gasteiger partial charge in [-0.25, -0.2) is 8.42 Å². The summed E-state index contributed by atoms with van der Waals surface area (Å²) < 4.78 is 32.7. The van der Waals surface area contributed by atoms with Crippen molar-refractivity contribution < 1.29 is 17.7 Å². The molecule has 0 atom stereocenters. The van der Waals surface area contributed by atoms with E-state index >= 15 is 0 Å². The van der Waals surface area contributed by atoms with Gasteiger partial charge in [-0.05, 0) is 47.2 Å². The molecule has 2 N–H and O–H groups in total. The van der Waals surface area contributed by atoms with Crippen LogP contribution >= 0.6 is 11.6 Å². The Hall–Kier alpha value is -3.40. The average Bonchev–Trinajstić information content (AvgIpc) is 3.29. The smallest absolute Gasteiger partial charge is 0.253 e. The molecule has 0 spiro atoms. The van der Waals surface area contributed by atoms with Gasteiger partial charge in [0, 0.05) is 48.4 Å². The van der Waals surface area contributed by atoms with Crippen LogP contribution in [0.1, 0.15) is 10.4 Å². The van der Waals surface area contributed by atoms with E-state index in [1.54, 1.807) is 71.6 Å². The summed E-state index contributed by atoms with van der Waals surface area (Å²) in [5, 5.41) is 6.14. The highest BCUT2D eigenvalue weighted by atomic mass is 35.5. The van der Waals surface area contributed by atoms with Crippen LogP contribution in [0.3, 0.4) is 0 Å². The number of hydrogen-bond donors (Lipinski definition) is 1. The Morgan fingerprint density at radius 1 is 0.912 bits per heavy atom. The number of sulfonamides is 1. The topological polar surface area (TPSA) is 110 Å². The molecular weight excluding hydrogens is 476 g/mol. The van der Waals surface area contributed by atoms with Crippen molar-refractivity contribution in [3.05, 3.63) is 77.3 Å². The number of piperazine rings is 1. The summed E-state index contributed by atoms with van der Waals surface area (Å²) in [7, 11) is -3.68.